The standard InChI is InChI=1S/C48H65N3O9Si/c1-46(2,3)59-45(55)51(32-41(60-61(7,8)47(4,5)6)37-21-23-39(52)43-38(37)22-24-42(53)49-43)27-13-10-14-30-57-36-19-17-35(18-20-36)48(56,34-15-11-9-12-16-34)44(54)58-40-31-50-28-25-33(40)26-29-50/h9,11-12,15-24,33,40-41,52,56H,10,13-14,25-32H2,1-8H3,(H,49,53)/t40-,41+,48?/m1/s1. The molecule has 0 saturated carbocycles. The van der Waals surface area contributed by atoms with Gasteiger partial charge in [0.1, 0.15) is 23.2 Å². The van der Waals surface area contributed by atoms with Gasteiger partial charge in [0.2, 0.25) is 11.2 Å². The normalized spacial score (nSPS) is 19.5. The fourth-order valence-corrected chi connectivity index (χ4v) is 9.23. The van der Waals surface area contributed by atoms with Crippen molar-refractivity contribution in [2.45, 2.75) is 115 Å². The first-order valence-electron chi connectivity index (χ1n) is 21.7. The van der Waals surface area contributed by atoms with Gasteiger partial charge in [-0.25, -0.2) is 9.59 Å². The van der Waals surface area contributed by atoms with Gasteiger partial charge in [0, 0.05) is 24.5 Å². The predicted molar refractivity (Wildman–Crippen MR) is 239 cm³/mol. The lowest BCUT2D eigenvalue weighted by Crippen LogP contribution is -2.53. The number of hydrogen-bond acceptors (Lipinski definition) is 10. The van der Waals surface area contributed by atoms with Gasteiger partial charge < -0.3 is 38.7 Å². The van der Waals surface area contributed by atoms with E-state index in [0.717, 1.165) is 37.9 Å². The van der Waals surface area contributed by atoms with Crippen LogP contribution in [0.1, 0.15) is 96.4 Å². The molecule has 3 aliphatic rings. The number of phenols is 1. The van der Waals surface area contributed by atoms with Crippen molar-refractivity contribution >= 4 is 31.3 Å². The highest BCUT2D eigenvalue weighted by Gasteiger charge is 2.46. The minimum atomic E-state index is -2.41. The van der Waals surface area contributed by atoms with Crippen LogP contribution in [-0.4, -0.2) is 96.4 Å². The molecule has 61 heavy (non-hydrogen) atoms. The largest absolute Gasteiger partial charge is 0.506 e. The van der Waals surface area contributed by atoms with Gasteiger partial charge in [-0.05, 0) is 131 Å². The minimum absolute atomic E-state index is 0.0436. The van der Waals surface area contributed by atoms with E-state index in [1.807, 2.05) is 26.8 Å². The highest BCUT2D eigenvalue weighted by atomic mass is 28.4. The highest BCUT2D eigenvalue weighted by Crippen LogP contribution is 2.42. The molecular weight excluding hydrogens is 791 g/mol. The Kier molecular flexibility index (Phi) is 14.1. The van der Waals surface area contributed by atoms with Gasteiger partial charge in [0.05, 0.1) is 24.8 Å². The number of H-pyrrole nitrogens is 1. The molecule has 1 unspecified atom stereocenters. The maximum absolute atomic E-state index is 13.9. The van der Waals surface area contributed by atoms with Gasteiger partial charge in [0.15, 0.2) is 8.32 Å². The zero-order valence-electron chi connectivity index (χ0n) is 37.2. The number of benzene rings is 3. The van der Waals surface area contributed by atoms with E-state index in [4.69, 9.17) is 18.6 Å². The molecule has 4 aromatic rings. The summed E-state index contributed by atoms with van der Waals surface area (Å²) >= 11 is 0. The van der Waals surface area contributed by atoms with Crippen molar-refractivity contribution in [2.75, 3.05) is 39.3 Å². The molecule has 1 aromatic heterocycles. The van der Waals surface area contributed by atoms with Gasteiger partial charge in [-0.2, -0.15) is 0 Å². The van der Waals surface area contributed by atoms with Crippen LogP contribution in [0.4, 0.5) is 4.79 Å². The van der Waals surface area contributed by atoms with Crippen molar-refractivity contribution in [3.63, 3.8) is 0 Å². The molecule has 1 amide bonds. The number of hydrogen-bond donors (Lipinski definition) is 3. The first kappa shape index (κ1) is 45.8. The van der Waals surface area contributed by atoms with Crippen LogP contribution in [0.2, 0.25) is 18.1 Å². The molecule has 0 aliphatic carbocycles. The summed E-state index contributed by atoms with van der Waals surface area (Å²) in [6.07, 6.45) is 2.86. The van der Waals surface area contributed by atoms with E-state index < -0.39 is 37.7 Å². The van der Waals surface area contributed by atoms with E-state index in [1.165, 1.54) is 6.07 Å². The Labute approximate surface area is 361 Å². The van der Waals surface area contributed by atoms with Crippen LogP contribution in [0.15, 0.2) is 83.7 Å². The molecule has 3 N–H and O–H groups in total. The van der Waals surface area contributed by atoms with Crippen LogP contribution in [0.3, 0.4) is 0 Å². The van der Waals surface area contributed by atoms with E-state index in [9.17, 15) is 24.6 Å². The Hall–Kier alpha value is -4.69. The van der Waals surface area contributed by atoms with Gasteiger partial charge in [-0.15, -0.1) is 0 Å². The summed E-state index contributed by atoms with van der Waals surface area (Å²) in [5.41, 5.74) is -1.09. The Bertz CT molecular complexity index is 2170. The van der Waals surface area contributed by atoms with Crippen molar-refractivity contribution < 1.29 is 38.4 Å². The van der Waals surface area contributed by atoms with Crippen LogP contribution in [0.25, 0.3) is 10.9 Å². The fourth-order valence-electron chi connectivity index (χ4n) is 7.97. The van der Waals surface area contributed by atoms with Crippen LogP contribution >= 0.6 is 0 Å². The first-order chi connectivity index (χ1) is 28.7. The second-order valence-corrected chi connectivity index (χ2v) is 23.9. The van der Waals surface area contributed by atoms with Crippen LogP contribution in [-0.2, 0) is 24.3 Å². The number of carbonyl (C=O) groups is 2. The molecule has 3 fully saturated rings. The Morgan fingerprint density at radius 2 is 1.56 bits per heavy atom. The summed E-state index contributed by atoms with van der Waals surface area (Å²) in [5, 5.41) is 23.3. The maximum Gasteiger partial charge on any atom is 0.410 e. The summed E-state index contributed by atoms with van der Waals surface area (Å²) in [5.74, 6) is 0.201. The van der Waals surface area contributed by atoms with Gasteiger partial charge in [-0.1, -0.05) is 69.3 Å². The van der Waals surface area contributed by atoms with E-state index in [2.05, 4.69) is 43.7 Å². The predicted octanol–water partition coefficient (Wildman–Crippen LogP) is 8.66. The third kappa shape index (κ3) is 11.0. The van der Waals surface area contributed by atoms with Gasteiger partial charge in [-0.3, -0.25) is 9.69 Å². The lowest BCUT2D eigenvalue weighted by atomic mass is 9.84. The molecule has 3 saturated heterocycles. The molecule has 0 radical (unpaired) electrons. The number of unbranched alkanes of at least 4 members (excludes halogenated alkanes) is 2. The number of pyridine rings is 1. The molecule has 4 heterocycles. The monoisotopic (exact) mass is 855 g/mol. The summed E-state index contributed by atoms with van der Waals surface area (Å²) in [6.45, 7) is 20.1. The number of aromatic hydroxyl groups is 1. The second kappa shape index (κ2) is 18.7. The lowest BCUT2D eigenvalue weighted by Gasteiger charge is -2.44. The van der Waals surface area contributed by atoms with Crippen molar-refractivity contribution in [2.24, 2.45) is 5.92 Å². The fraction of sp³-hybridized carbons (Fsp3) is 0.521. The van der Waals surface area contributed by atoms with Crippen molar-refractivity contribution in [1.82, 2.24) is 14.8 Å². The first-order valence-corrected chi connectivity index (χ1v) is 24.6. The average molecular weight is 856 g/mol. The van der Waals surface area contributed by atoms with Crippen molar-refractivity contribution in [1.29, 1.82) is 0 Å². The number of aliphatic hydroxyl groups is 1. The minimum Gasteiger partial charge on any atom is -0.506 e. The number of carbonyl (C=O) groups excluding carboxylic acids is 2. The molecule has 7 rings (SSSR count). The van der Waals surface area contributed by atoms with Gasteiger partial charge in [0.25, 0.3) is 0 Å². The summed E-state index contributed by atoms with van der Waals surface area (Å²) < 4.78 is 25.1. The number of phenolic OH excluding ortho intramolecular Hbond substituents is 1. The second-order valence-electron chi connectivity index (χ2n) is 19.2. The SMILES string of the molecule is CC(C)(C)OC(=O)N(CCCCCOc1ccc(C(O)(C(=O)O[C@@H]2CN3CCC2CC3)c2ccccc2)cc1)C[C@H](O[Si](C)(C)C(C)(C)C)c1ccc(O)c2[nH]c(=O)ccc12. The Morgan fingerprint density at radius 3 is 2.18 bits per heavy atom. The quantitative estimate of drug-likeness (QED) is 0.0568. The molecule has 3 aromatic carbocycles. The van der Waals surface area contributed by atoms with Gasteiger partial charge >= 0.3 is 12.1 Å². The number of amides is 1. The third-order valence-electron chi connectivity index (χ3n) is 12.5. The zero-order chi connectivity index (χ0) is 44.2. The Morgan fingerprint density at radius 1 is 0.885 bits per heavy atom. The molecule has 3 atom stereocenters. The topological polar surface area (TPSA) is 151 Å². The number of piperidine rings is 3. The number of aromatic nitrogens is 1. The molecule has 330 valence electrons. The Balaban J connectivity index is 1.11. The van der Waals surface area contributed by atoms with E-state index in [-0.39, 0.29) is 29.0 Å². The maximum atomic E-state index is 13.9. The molecule has 2 bridgehead atoms. The number of esters is 1. The molecular formula is C48H65N3O9Si. The summed E-state index contributed by atoms with van der Waals surface area (Å²) in [6, 6.07) is 22.4. The number of rotatable bonds is 16. The summed E-state index contributed by atoms with van der Waals surface area (Å²) in [7, 11) is -2.41. The van der Waals surface area contributed by atoms with E-state index in [1.54, 1.807) is 71.6 Å². The zero-order valence-corrected chi connectivity index (χ0v) is 38.2. The van der Waals surface area contributed by atoms with Crippen molar-refractivity contribution in [3.8, 4) is 11.5 Å². The number of nitrogens with one attached hydrogen (secondary N) is 1. The average Bonchev–Trinajstić information content (AvgIpc) is 3.21. The lowest BCUT2D eigenvalue weighted by molar-refractivity contribution is -0.177. The van der Waals surface area contributed by atoms with Crippen LogP contribution in [0.5, 0.6) is 11.5 Å². The highest BCUT2D eigenvalue weighted by molar-refractivity contribution is 6.74. The molecule has 0 spiro atoms. The van der Waals surface area contributed by atoms with Crippen LogP contribution < -0.4 is 10.3 Å². The van der Waals surface area contributed by atoms with Crippen molar-refractivity contribution in [3.05, 3.63) is 106 Å². The smallest absolute Gasteiger partial charge is 0.410 e. The number of aromatic amines is 1. The molecule has 13 heteroatoms. The van der Waals surface area contributed by atoms with E-state index >= 15 is 0 Å². The summed E-state index contributed by atoms with van der Waals surface area (Å²) in [4.78, 5) is 46.7. The molecule has 3 aliphatic heterocycles. The third-order valence-corrected chi connectivity index (χ3v) is 17.0. The number of fused-ring (bicyclic) bond motifs is 4. The molecule has 12 nitrogen and oxygen atoms in total. The van der Waals surface area contributed by atoms with Crippen LogP contribution in [0, 0.1) is 5.92 Å². The number of nitrogens with zero attached hydrogens (tertiary/aromatic N) is 2. The van der Waals surface area contributed by atoms with E-state index in [0.29, 0.717) is 66.2 Å². The number of ether oxygens (including phenoxy) is 3.